The van der Waals surface area contributed by atoms with Gasteiger partial charge in [-0.3, -0.25) is 0 Å². The number of aliphatic hydroxyl groups excluding tert-OH is 1. The Balaban J connectivity index is 1.42. The van der Waals surface area contributed by atoms with Gasteiger partial charge in [-0.05, 0) is 54.1 Å². The summed E-state index contributed by atoms with van der Waals surface area (Å²) >= 11 is 0. The Hall–Kier alpha value is -3.68. The molecule has 0 amide bonds. The molecule has 0 aliphatic rings. The fourth-order valence-electron chi connectivity index (χ4n) is 2.89. The third-order valence-corrected chi connectivity index (χ3v) is 4.56. The highest BCUT2D eigenvalue weighted by molar-refractivity contribution is 5.37. The zero-order valence-corrected chi connectivity index (χ0v) is 17.6. The summed E-state index contributed by atoms with van der Waals surface area (Å²) in [7, 11) is 1.56. The molecule has 4 nitrogen and oxygen atoms in total. The van der Waals surface area contributed by atoms with Gasteiger partial charge in [0.25, 0.3) is 0 Å². The lowest BCUT2D eigenvalue weighted by Crippen LogP contribution is -2.16. The van der Waals surface area contributed by atoms with Gasteiger partial charge in [0.05, 0.1) is 6.61 Å². The predicted molar refractivity (Wildman–Crippen MR) is 123 cm³/mol. The SMILES string of the molecule is C=C(O)[C@H](Cc1ccc(C#CCCOc2ccc(Oc3ccccc3)cc2)cc1)OC. The molecular formula is C27H26O4. The van der Waals surface area contributed by atoms with Crippen LogP contribution in [0.2, 0.25) is 0 Å². The highest BCUT2D eigenvalue weighted by Gasteiger charge is 2.11. The molecule has 3 rings (SSSR count). The number of ether oxygens (including phenoxy) is 3. The first-order valence-corrected chi connectivity index (χ1v) is 10.1. The van der Waals surface area contributed by atoms with Crippen molar-refractivity contribution in [2.75, 3.05) is 13.7 Å². The quantitative estimate of drug-likeness (QED) is 0.268. The van der Waals surface area contributed by atoms with E-state index < -0.39 is 6.10 Å². The number of hydrogen-bond acceptors (Lipinski definition) is 4. The van der Waals surface area contributed by atoms with Crippen LogP contribution in [0.1, 0.15) is 17.5 Å². The molecule has 0 unspecified atom stereocenters. The maximum absolute atomic E-state index is 9.49. The molecule has 1 atom stereocenters. The van der Waals surface area contributed by atoms with Crippen molar-refractivity contribution >= 4 is 0 Å². The predicted octanol–water partition coefficient (Wildman–Crippen LogP) is 5.93. The topological polar surface area (TPSA) is 47.9 Å². The molecule has 0 heterocycles. The van der Waals surface area contributed by atoms with Gasteiger partial charge in [-0.15, -0.1) is 0 Å². The molecule has 158 valence electrons. The van der Waals surface area contributed by atoms with Crippen LogP contribution >= 0.6 is 0 Å². The lowest BCUT2D eigenvalue weighted by Gasteiger charge is -2.13. The standard InChI is InChI=1S/C27H26O4/c1-21(28)27(29-2)20-23-13-11-22(12-14-23)8-6-7-19-30-24-15-17-26(18-16-24)31-25-9-4-3-5-10-25/h3-5,9-18,27-28H,1,7,19-20H2,2H3/t27-/m0/s1. The summed E-state index contributed by atoms with van der Waals surface area (Å²) < 4.78 is 16.7. The van der Waals surface area contributed by atoms with E-state index in [9.17, 15) is 5.11 Å². The number of rotatable bonds is 9. The Labute approximate surface area is 183 Å². The fraction of sp³-hybridized carbons (Fsp3) is 0.185. The Kier molecular flexibility index (Phi) is 8.16. The van der Waals surface area contributed by atoms with Crippen LogP contribution in [0.5, 0.6) is 17.2 Å². The van der Waals surface area contributed by atoms with Crippen LogP contribution in [0.4, 0.5) is 0 Å². The third kappa shape index (κ3) is 7.26. The lowest BCUT2D eigenvalue weighted by atomic mass is 10.0. The van der Waals surface area contributed by atoms with Crippen molar-refractivity contribution in [1.29, 1.82) is 0 Å². The molecule has 4 heteroatoms. The van der Waals surface area contributed by atoms with Crippen molar-refractivity contribution in [3.8, 4) is 29.1 Å². The van der Waals surface area contributed by atoms with Crippen molar-refractivity contribution in [2.45, 2.75) is 18.9 Å². The molecule has 0 bridgehead atoms. The summed E-state index contributed by atoms with van der Waals surface area (Å²) in [5.74, 6) is 8.65. The van der Waals surface area contributed by atoms with E-state index in [1.165, 1.54) is 0 Å². The first kappa shape index (κ1) is 22.0. The summed E-state index contributed by atoms with van der Waals surface area (Å²) in [6.07, 6.45) is 0.802. The molecule has 0 aliphatic carbocycles. The first-order valence-electron chi connectivity index (χ1n) is 10.1. The average Bonchev–Trinajstić information content (AvgIpc) is 2.80. The Morgan fingerprint density at radius 2 is 1.55 bits per heavy atom. The zero-order valence-electron chi connectivity index (χ0n) is 17.6. The van der Waals surface area contributed by atoms with E-state index >= 15 is 0 Å². The maximum atomic E-state index is 9.49. The van der Waals surface area contributed by atoms with Crippen LogP contribution in [0.25, 0.3) is 0 Å². The minimum atomic E-state index is -0.395. The van der Waals surface area contributed by atoms with E-state index in [1.54, 1.807) is 7.11 Å². The number of para-hydroxylation sites is 1. The summed E-state index contributed by atoms with van der Waals surface area (Å²) in [6, 6.07) is 25.1. The number of benzene rings is 3. The van der Waals surface area contributed by atoms with Crippen LogP contribution in [-0.4, -0.2) is 24.9 Å². The van der Waals surface area contributed by atoms with Gasteiger partial charge in [0.1, 0.15) is 29.1 Å². The van der Waals surface area contributed by atoms with E-state index in [2.05, 4.69) is 18.4 Å². The van der Waals surface area contributed by atoms with Crippen molar-refractivity contribution < 1.29 is 19.3 Å². The first-order chi connectivity index (χ1) is 15.1. The highest BCUT2D eigenvalue weighted by atomic mass is 16.5. The van der Waals surface area contributed by atoms with Gasteiger partial charge in [-0.25, -0.2) is 0 Å². The minimum Gasteiger partial charge on any atom is -0.510 e. The van der Waals surface area contributed by atoms with Crippen molar-refractivity contribution in [3.63, 3.8) is 0 Å². The molecule has 31 heavy (non-hydrogen) atoms. The number of aliphatic hydroxyl groups is 1. The Morgan fingerprint density at radius 1 is 0.903 bits per heavy atom. The summed E-state index contributed by atoms with van der Waals surface area (Å²) in [4.78, 5) is 0. The lowest BCUT2D eigenvalue weighted by molar-refractivity contribution is 0.0945. The van der Waals surface area contributed by atoms with Gasteiger partial charge < -0.3 is 19.3 Å². The van der Waals surface area contributed by atoms with Gasteiger partial charge in [-0.2, -0.15) is 0 Å². The molecule has 0 spiro atoms. The normalized spacial score (nSPS) is 11.1. The van der Waals surface area contributed by atoms with E-state index in [1.807, 2.05) is 78.9 Å². The second-order valence-electron chi connectivity index (χ2n) is 6.90. The van der Waals surface area contributed by atoms with Crippen molar-refractivity contribution in [1.82, 2.24) is 0 Å². The van der Waals surface area contributed by atoms with E-state index in [0.29, 0.717) is 19.4 Å². The molecule has 0 radical (unpaired) electrons. The number of methoxy groups -OCH3 is 1. The molecule has 3 aromatic carbocycles. The van der Waals surface area contributed by atoms with Gasteiger partial charge in [0.2, 0.25) is 0 Å². The minimum absolute atomic E-state index is 0.0322. The molecule has 0 fully saturated rings. The van der Waals surface area contributed by atoms with Crippen LogP contribution in [0.3, 0.4) is 0 Å². The third-order valence-electron chi connectivity index (χ3n) is 4.56. The maximum Gasteiger partial charge on any atom is 0.127 e. The molecule has 0 saturated heterocycles. The summed E-state index contributed by atoms with van der Waals surface area (Å²) in [5.41, 5.74) is 1.98. The van der Waals surface area contributed by atoms with Crippen LogP contribution in [0.15, 0.2) is 91.2 Å². The van der Waals surface area contributed by atoms with Gasteiger partial charge >= 0.3 is 0 Å². The van der Waals surface area contributed by atoms with Crippen LogP contribution in [0, 0.1) is 11.8 Å². The average molecular weight is 415 g/mol. The van der Waals surface area contributed by atoms with Gasteiger partial charge in [0.15, 0.2) is 0 Å². The molecule has 0 aliphatic heterocycles. The van der Waals surface area contributed by atoms with Gasteiger partial charge in [-0.1, -0.05) is 48.8 Å². The molecular weight excluding hydrogens is 388 g/mol. The molecule has 0 aromatic heterocycles. The fourth-order valence-corrected chi connectivity index (χ4v) is 2.89. The van der Waals surface area contributed by atoms with Crippen LogP contribution in [-0.2, 0) is 11.2 Å². The smallest absolute Gasteiger partial charge is 0.127 e. The zero-order chi connectivity index (χ0) is 21.9. The Bertz CT molecular complexity index is 1010. The summed E-state index contributed by atoms with van der Waals surface area (Å²) in [5, 5.41) is 9.49. The summed E-state index contributed by atoms with van der Waals surface area (Å²) in [6.45, 7) is 4.04. The van der Waals surface area contributed by atoms with E-state index in [4.69, 9.17) is 14.2 Å². The highest BCUT2D eigenvalue weighted by Crippen LogP contribution is 2.23. The van der Waals surface area contributed by atoms with Gasteiger partial charge in [0, 0.05) is 25.5 Å². The largest absolute Gasteiger partial charge is 0.510 e. The molecule has 0 saturated carbocycles. The molecule has 3 aromatic rings. The van der Waals surface area contributed by atoms with E-state index in [0.717, 1.165) is 28.4 Å². The second-order valence-corrected chi connectivity index (χ2v) is 6.90. The second kappa shape index (κ2) is 11.5. The van der Waals surface area contributed by atoms with Crippen molar-refractivity contribution in [3.05, 3.63) is 102 Å². The van der Waals surface area contributed by atoms with E-state index in [-0.39, 0.29) is 5.76 Å². The van der Waals surface area contributed by atoms with Crippen molar-refractivity contribution in [2.24, 2.45) is 0 Å². The van der Waals surface area contributed by atoms with Crippen LogP contribution < -0.4 is 9.47 Å². The molecule has 1 N–H and O–H groups in total. The monoisotopic (exact) mass is 414 g/mol. The number of hydrogen-bond donors (Lipinski definition) is 1. The Morgan fingerprint density at radius 3 is 2.19 bits per heavy atom.